The van der Waals surface area contributed by atoms with E-state index in [1.165, 1.54) is 37.6 Å². The Labute approximate surface area is 126 Å². The summed E-state index contributed by atoms with van der Waals surface area (Å²) in [5.74, 6) is 0.0886. The van der Waals surface area contributed by atoms with Gasteiger partial charge in [0.25, 0.3) is 11.6 Å². The van der Waals surface area contributed by atoms with E-state index < -0.39 is 10.8 Å². The van der Waals surface area contributed by atoms with E-state index >= 15 is 0 Å². The first-order valence-corrected chi connectivity index (χ1v) is 6.32. The summed E-state index contributed by atoms with van der Waals surface area (Å²) in [4.78, 5) is 22.0. The highest BCUT2D eigenvalue weighted by molar-refractivity contribution is 5.95. The van der Waals surface area contributed by atoms with Gasteiger partial charge in [-0.1, -0.05) is 18.2 Å². The van der Waals surface area contributed by atoms with Gasteiger partial charge in [0.2, 0.25) is 0 Å². The second-order valence-electron chi connectivity index (χ2n) is 4.25. The molecule has 0 saturated heterocycles. The van der Waals surface area contributed by atoms with E-state index in [9.17, 15) is 14.9 Å². The molecule has 1 N–H and O–H groups in total. The molecule has 1 amide bonds. The van der Waals surface area contributed by atoms with Crippen LogP contribution in [-0.2, 0) is 0 Å². The maximum absolute atomic E-state index is 11.9. The average molecular weight is 299 g/mol. The van der Waals surface area contributed by atoms with E-state index in [0.29, 0.717) is 11.3 Å². The number of carbonyl (C=O) groups excluding carboxylic acids is 1. The molecule has 0 aliphatic rings. The van der Waals surface area contributed by atoms with Crippen molar-refractivity contribution in [3.63, 3.8) is 0 Å². The van der Waals surface area contributed by atoms with Gasteiger partial charge in [-0.2, -0.15) is 5.10 Å². The van der Waals surface area contributed by atoms with E-state index in [4.69, 9.17) is 4.74 Å². The number of hydrogen-bond donors (Lipinski definition) is 1. The largest absolute Gasteiger partial charge is 0.496 e. The Morgan fingerprint density at radius 2 is 2.05 bits per heavy atom. The Balaban J connectivity index is 2.08. The molecule has 0 bridgehead atoms. The van der Waals surface area contributed by atoms with Gasteiger partial charge in [0.1, 0.15) is 5.75 Å². The number of ether oxygens (including phenoxy) is 1. The Bertz CT molecular complexity index is 728. The molecule has 112 valence electrons. The van der Waals surface area contributed by atoms with Crippen molar-refractivity contribution in [2.45, 2.75) is 0 Å². The van der Waals surface area contributed by atoms with Gasteiger partial charge in [-0.15, -0.1) is 0 Å². The van der Waals surface area contributed by atoms with E-state index in [1.54, 1.807) is 12.1 Å². The van der Waals surface area contributed by atoms with Crippen molar-refractivity contribution in [2.24, 2.45) is 5.10 Å². The summed E-state index contributed by atoms with van der Waals surface area (Å²) < 4.78 is 5.15. The van der Waals surface area contributed by atoms with Crippen LogP contribution in [0, 0.1) is 10.1 Å². The molecule has 2 aromatic rings. The van der Waals surface area contributed by atoms with Crippen LogP contribution < -0.4 is 10.2 Å². The van der Waals surface area contributed by atoms with Gasteiger partial charge in [0, 0.05) is 23.3 Å². The van der Waals surface area contributed by atoms with Gasteiger partial charge in [-0.05, 0) is 18.2 Å². The van der Waals surface area contributed by atoms with E-state index in [2.05, 4.69) is 10.5 Å². The molecule has 0 heterocycles. The van der Waals surface area contributed by atoms with Gasteiger partial charge >= 0.3 is 0 Å². The van der Waals surface area contributed by atoms with Crippen molar-refractivity contribution in [2.75, 3.05) is 7.11 Å². The van der Waals surface area contributed by atoms with Crippen molar-refractivity contribution in [3.05, 3.63) is 69.8 Å². The van der Waals surface area contributed by atoms with Crippen LogP contribution >= 0.6 is 0 Å². The lowest BCUT2D eigenvalue weighted by Crippen LogP contribution is -2.17. The number of amides is 1. The van der Waals surface area contributed by atoms with Crippen molar-refractivity contribution < 1.29 is 14.5 Å². The van der Waals surface area contributed by atoms with Gasteiger partial charge in [0.05, 0.1) is 18.2 Å². The number of methoxy groups -OCH3 is 1. The van der Waals surface area contributed by atoms with Crippen molar-refractivity contribution in [3.8, 4) is 5.75 Å². The van der Waals surface area contributed by atoms with Gasteiger partial charge < -0.3 is 4.74 Å². The van der Waals surface area contributed by atoms with Crippen molar-refractivity contribution >= 4 is 17.8 Å². The van der Waals surface area contributed by atoms with Crippen LogP contribution in [0.5, 0.6) is 5.75 Å². The van der Waals surface area contributed by atoms with E-state index in [1.807, 2.05) is 12.1 Å². The molecule has 22 heavy (non-hydrogen) atoms. The predicted molar refractivity (Wildman–Crippen MR) is 81.2 cm³/mol. The van der Waals surface area contributed by atoms with Gasteiger partial charge in [-0.25, -0.2) is 5.43 Å². The summed E-state index contributed by atoms with van der Waals surface area (Å²) in [7, 11) is 1.54. The minimum atomic E-state index is -0.561. The quantitative estimate of drug-likeness (QED) is 0.521. The fraction of sp³-hybridized carbons (Fsp3) is 0.0667. The maximum Gasteiger partial charge on any atom is 0.271 e. The summed E-state index contributed by atoms with van der Waals surface area (Å²) in [6, 6.07) is 12.6. The first-order chi connectivity index (χ1) is 10.6. The minimum absolute atomic E-state index is 0.152. The molecule has 2 rings (SSSR count). The second kappa shape index (κ2) is 6.98. The Morgan fingerprint density at radius 3 is 2.77 bits per heavy atom. The molecule has 0 aliphatic carbocycles. The SMILES string of the molecule is COc1ccccc1C=NNC(=O)c1cccc([N+](=O)[O-])c1. The Kier molecular flexibility index (Phi) is 4.81. The lowest BCUT2D eigenvalue weighted by Gasteiger charge is -2.03. The van der Waals surface area contributed by atoms with E-state index in [0.717, 1.165) is 0 Å². The molecule has 7 heteroatoms. The maximum atomic E-state index is 11.9. The van der Waals surface area contributed by atoms with Crippen LogP contribution in [0.25, 0.3) is 0 Å². The Morgan fingerprint density at radius 1 is 1.27 bits per heavy atom. The summed E-state index contributed by atoms with van der Waals surface area (Å²) >= 11 is 0. The highest BCUT2D eigenvalue weighted by Gasteiger charge is 2.10. The number of carbonyl (C=O) groups is 1. The third-order valence-corrected chi connectivity index (χ3v) is 2.83. The number of non-ortho nitro benzene ring substituents is 1. The van der Waals surface area contributed by atoms with Gasteiger partial charge in [-0.3, -0.25) is 14.9 Å². The summed E-state index contributed by atoms with van der Waals surface area (Å²) in [5.41, 5.74) is 3.02. The number of rotatable bonds is 5. The second-order valence-corrected chi connectivity index (χ2v) is 4.25. The molecule has 0 aromatic heterocycles. The lowest BCUT2D eigenvalue weighted by atomic mass is 10.2. The number of hydrazone groups is 1. The molecule has 2 aromatic carbocycles. The number of benzene rings is 2. The lowest BCUT2D eigenvalue weighted by molar-refractivity contribution is -0.384. The highest BCUT2D eigenvalue weighted by Crippen LogP contribution is 2.15. The fourth-order valence-electron chi connectivity index (χ4n) is 1.76. The first-order valence-electron chi connectivity index (χ1n) is 6.32. The third-order valence-electron chi connectivity index (χ3n) is 2.83. The molecular formula is C15H13N3O4. The molecule has 7 nitrogen and oxygen atoms in total. The monoisotopic (exact) mass is 299 g/mol. The topological polar surface area (TPSA) is 93.8 Å². The molecule has 0 radical (unpaired) electrons. The number of nitrogens with one attached hydrogen (secondary N) is 1. The smallest absolute Gasteiger partial charge is 0.271 e. The zero-order chi connectivity index (χ0) is 15.9. The number of nitrogens with zero attached hydrogens (tertiary/aromatic N) is 2. The zero-order valence-corrected chi connectivity index (χ0v) is 11.7. The fourth-order valence-corrected chi connectivity index (χ4v) is 1.76. The molecule has 0 aliphatic heterocycles. The number of para-hydroxylation sites is 1. The standard InChI is InChI=1S/C15H13N3O4/c1-22-14-8-3-2-5-12(14)10-16-17-15(19)11-6-4-7-13(9-11)18(20)21/h2-10H,1H3,(H,17,19). The van der Waals surface area contributed by atoms with Crippen LogP contribution in [-0.4, -0.2) is 24.2 Å². The van der Waals surface area contributed by atoms with Crippen LogP contribution in [0.1, 0.15) is 15.9 Å². The van der Waals surface area contributed by atoms with Gasteiger partial charge in [0.15, 0.2) is 0 Å². The summed E-state index contributed by atoms with van der Waals surface area (Å²) in [5, 5.41) is 14.5. The van der Waals surface area contributed by atoms with Crippen LogP contribution in [0.3, 0.4) is 0 Å². The molecule has 0 atom stereocenters. The highest BCUT2D eigenvalue weighted by atomic mass is 16.6. The van der Waals surface area contributed by atoms with Crippen LogP contribution in [0.2, 0.25) is 0 Å². The van der Waals surface area contributed by atoms with Crippen LogP contribution in [0.15, 0.2) is 53.6 Å². The minimum Gasteiger partial charge on any atom is -0.496 e. The molecule has 0 saturated carbocycles. The number of nitro groups is 1. The number of hydrogen-bond acceptors (Lipinski definition) is 5. The molecular weight excluding hydrogens is 286 g/mol. The Hall–Kier alpha value is -3.22. The average Bonchev–Trinajstić information content (AvgIpc) is 2.55. The zero-order valence-electron chi connectivity index (χ0n) is 11.7. The summed E-state index contributed by atoms with van der Waals surface area (Å²) in [6.45, 7) is 0. The normalized spacial score (nSPS) is 10.4. The molecule has 0 spiro atoms. The first kappa shape index (κ1) is 15.2. The predicted octanol–water partition coefficient (Wildman–Crippen LogP) is 2.37. The van der Waals surface area contributed by atoms with Crippen LogP contribution in [0.4, 0.5) is 5.69 Å². The van der Waals surface area contributed by atoms with E-state index in [-0.39, 0.29) is 11.3 Å². The summed E-state index contributed by atoms with van der Waals surface area (Å²) in [6.07, 6.45) is 1.44. The van der Waals surface area contributed by atoms with Crippen molar-refractivity contribution in [1.82, 2.24) is 5.43 Å². The number of nitro benzene ring substituents is 1. The van der Waals surface area contributed by atoms with Crippen molar-refractivity contribution in [1.29, 1.82) is 0 Å². The third kappa shape index (κ3) is 3.66. The molecule has 0 unspecified atom stereocenters. The molecule has 0 fully saturated rings.